The largest absolute Gasteiger partial charge is 0.382 e. The van der Waals surface area contributed by atoms with Crippen LogP contribution in [0.4, 0.5) is 0 Å². The second-order valence-corrected chi connectivity index (χ2v) is 4.53. The smallest absolute Gasteiger partial charge is 0.0928 e. The van der Waals surface area contributed by atoms with Crippen LogP contribution >= 0.6 is 0 Å². The number of aryl methyl sites for hydroxylation is 1. The molecule has 1 N–H and O–H groups in total. The van der Waals surface area contributed by atoms with Gasteiger partial charge in [-0.2, -0.15) is 5.10 Å². The zero-order valence-electron chi connectivity index (χ0n) is 11.7. The molecule has 0 aliphatic carbocycles. The average Bonchev–Trinajstić information content (AvgIpc) is 2.75. The topological polar surface area (TPSA) is 48.3 Å². The van der Waals surface area contributed by atoms with Crippen LogP contribution in [0, 0.1) is 0 Å². The lowest BCUT2D eigenvalue weighted by Gasteiger charge is -2.14. The van der Waals surface area contributed by atoms with Crippen molar-refractivity contribution in [1.29, 1.82) is 0 Å². The van der Waals surface area contributed by atoms with Crippen molar-refractivity contribution in [3.05, 3.63) is 30.0 Å². The summed E-state index contributed by atoms with van der Waals surface area (Å²) in [5.41, 5.74) is 2.21. The fourth-order valence-electron chi connectivity index (χ4n) is 2.17. The predicted octanol–water partition coefficient (Wildman–Crippen LogP) is 1.32. The van der Waals surface area contributed by atoms with Crippen LogP contribution < -0.4 is 5.32 Å². The van der Waals surface area contributed by atoms with E-state index in [-0.39, 0.29) is 6.10 Å². The Labute approximate surface area is 113 Å². The molecular weight excluding hydrogens is 242 g/mol. The SMILES string of the molecule is COCC(CNCc1nn(C)c2ccccc12)OC. The van der Waals surface area contributed by atoms with Gasteiger partial charge in [0.1, 0.15) is 0 Å². The van der Waals surface area contributed by atoms with E-state index in [0.717, 1.165) is 24.3 Å². The fraction of sp³-hybridized carbons (Fsp3) is 0.500. The first-order valence-corrected chi connectivity index (χ1v) is 6.39. The van der Waals surface area contributed by atoms with Crippen molar-refractivity contribution in [2.45, 2.75) is 12.6 Å². The number of ether oxygens (including phenoxy) is 2. The van der Waals surface area contributed by atoms with Crippen molar-refractivity contribution >= 4 is 10.9 Å². The van der Waals surface area contributed by atoms with Crippen molar-refractivity contribution in [3.63, 3.8) is 0 Å². The molecule has 0 aliphatic heterocycles. The molecule has 0 aliphatic rings. The molecule has 0 bridgehead atoms. The van der Waals surface area contributed by atoms with Gasteiger partial charge in [0.2, 0.25) is 0 Å². The molecule has 0 saturated carbocycles. The number of hydrogen-bond donors (Lipinski definition) is 1. The summed E-state index contributed by atoms with van der Waals surface area (Å²) in [4.78, 5) is 0. The highest BCUT2D eigenvalue weighted by molar-refractivity contribution is 5.81. The van der Waals surface area contributed by atoms with Crippen LogP contribution in [-0.4, -0.2) is 43.3 Å². The van der Waals surface area contributed by atoms with Crippen molar-refractivity contribution < 1.29 is 9.47 Å². The van der Waals surface area contributed by atoms with Crippen LogP contribution in [0.2, 0.25) is 0 Å². The van der Waals surface area contributed by atoms with Crippen molar-refractivity contribution in [2.24, 2.45) is 7.05 Å². The molecule has 0 radical (unpaired) electrons. The van der Waals surface area contributed by atoms with Gasteiger partial charge in [0.15, 0.2) is 0 Å². The Hall–Kier alpha value is -1.43. The Morgan fingerprint density at radius 2 is 2.11 bits per heavy atom. The highest BCUT2D eigenvalue weighted by atomic mass is 16.5. The molecule has 5 heteroatoms. The first kappa shape index (κ1) is 14.0. The molecule has 1 atom stereocenters. The second kappa shape index (κ2) is 6.65. The average molecular weight is 263 g/mol. The number of fused-ring (bicyclic) bond motifs is 1. The van der Waals surface area contributed by atoms with Crippen LogP contribution in [0.5, 0.6) is 0 Å². The summed E-state index contributed by atoms with van der Waals surface area (Å²) >= 11 is 0. The first-order valence-electron chi connectivity index (χ1n) is 6.39. The summed E-state index contributed by atoms with van der Waals surface area (Å²) in [5, 5.41) is 9.10. The molecule has 2 rings (SSSR count). The van der Waals surface area contributed by atoms with Gasteiger partial charge in [-0.3, -0.25) is 4.68 Å². The number of aromatic nitrogens is 2. The van der Waals surface area contributed by atoms with Gasteiger partial charge in [0, 0.05) is 39.7 Å². The van der Waals surface area contributed by atoms with Gasteiger partial charge in [-0.25, -0.2) is 0 Å². The summed E-state index contributed by atoms with van der Waals surface area (Å²) in [6.07, 6.45) is 0.0694. The van der Waals surface area contributed by atoms with Gasteiger partial charge < -0.3 is 14.8 Å². The number of methoxy groups -OCH3 is 2. The van der Waals surface area contributed by atoms with Crippen LogP contribution in [0.1, 0.15) is 5.69 Å². The number of hydrogen-bond acceptors (Lipinski definition) is 4. The number of para-hydroxylation sites is 1. The minimum atomic E-state index is 0.0694. The first-order chi connectivity index (χ1) is 9.26. The maximum absolute atomic E-state index is 5.31. The monoisotopic (exact) mass is 263 g/mol. The van der Waals surface area contributed by atoms with E-state index in [9.17, 15) is 0 Å². The van der Waals surface area contributed by atoms with E-state index in [1.807, 2.05) is 23.9 Å². The fourth-order valence-corrected chi connectivity index (χ4v) is 2.17. The highest BCUT2D eigenvalue weighted by Gasteiger charge is 2.09. The normalized spacial score (nSPS) is 13.0. The summed E-state index contributed by atoms with van der Waals surface area (Å²) in [7, 11) is 5.34. The van der Waals surface area contributed by atoms with E-state index >= 15 is 0 Å². The van der Waals surface area contributed by atoms with Crippen LogP contribution in [0.15, 0.2) is 24.3 Å². The molecule has 0 fully saturated rings. The lowest BCUT2D eigenvalue weighted by molar-refractivity contribution is 0.0287. The zero-order chi connectivity index (χ0) is 13.7. The van der Waals surface area contributed by atoms with Crippen LogP contribution in [0.25, 0.3) is 10.9 Å². The lowest BCUT2D eigenvalue weighted by Crippen LogP contribution is -2.31. The number of nitrogens with one attached hydrogen (secondary N) is 1. The van der Waals surface area contributed by atoms with Crippen molar-refractivity contribution in [2.75, 3.05) is 27.4 Å². The number of nitrogens with zero attached hydrogens (tertiary/aromatic N) is 2. The molecule has 5 nitrogen and oxygen atoms in total. The van der Waals surface area contributed by atoms with Gasteiger partial charge in [-0.1, -0.05) is 18.2 Å². The molecule has 1 aromatic carbocycles. The Kier molecular flexibility index (Phi) is 4.90. The van der Waals surface area contributed by atoms with E-state index in [0.29, 0.717) is 6.61 Å². The third-order valence-corrected chi connectivity index (χ3v) is 3.18. The molecule has 2 aromatic rings. The lowest BCUT2D eigenvalue weighted by atomic mass is 10.2. The molecule has 0 amide bonds. The Morgan fingerprint density at radius 1 is 1.32 bits per heavy atom. The number of rotatable bonds is 7. The summed E-state index contributed by atoms with van der Waals surface area (Å²) in [5.74, 6) is 0. The molecule has 1 aromatic heterocycles. The molecule has 1 unspecified atom stereocenters. The zero-order valence-corrected chi connectivity index (χ0v) is 11.7. The van der Waals surface area contributed by atoms with E-state index < -0.39 is 0 Å². The van der Waals surface area contributed by atoms with Gasteiger partial charge in [-0.15, -0.1) is 0 Å². The van der Waals surface area contributed by atoms with Gasteiger partial charge in [-0.05, 0) is 6.07 Å². The molecule has 1 heterocycles. The van der Waals surface area contributed by atoms with Gasteiger partial charge in [0.25, 0.3) is 0 Å². The third-order valence-electron chi connectivity index (χ3n) is 3.18. The van der Waals surface area contributed by atoms with E-state index in [2.05, 4.69) is 22.5 Å². The Bertz CT molecular complexity index is 524. The maximum atomic E-state index is 5.31. The van der Waals surface area contributed by atoms with E-state index in [4.69, 9.17) is 9.47 Å². The predicted molar refractivity (Wildman–Crippen MR) is 75.1 cm³/mol. The molecule has 0 spiro atoms. The van der Waals surface area contributed by atoms with Gasteiger partial charge in [0.05, 0.1) is 23.9 Å². The second-order valence-electron chi connectivity index (χ2n) is 4.53. The Morgan fingerprint density at radius 3 is 2.84 bits per heavy atom. The van der Waals surface area contributed by atoms with Gasteiger partial charge >= 0.3 is 0 Å². The van der Waals surface area contributed by atoms with E-state index in [1.54, 1.807) is 14.2 Å². The maximum Gasteiger partial charge on any atom is 0.0928 e. The Balaban J connectivity index is 1.98. The standard InChI is InChI=1S/C14H21N3O2/c1-17-14-7-5-4-6-12(14)13(16-17)9-15-8-11(19-3)10-18-2/h4-7,11,15H,8-10H2,1-3H3. The van der Waals surface area contributed by atoms with Crippen molar-refractivity contribution in [3.8, 4) is 0 Å². The molecule has 0 saturated heterocycles. The number of benzene rings is 1. The third kappa shape index (κ3) is 3.32. The van der Waals surface area contributed by atoms with Crippen LogP contribution in [0.3, 0.4) is 0 Å². The summed E-state index contributed by atoms with van der Waals surface area (Å²) in [6.45, 7) is 2.06. The van der Waals surface area contributed by atoms with Crippen molar-refractivity contribution in [1.82, 2.24) is 15.1 Å². The molecule has 104 valence electrons. The highest BCUT2D eigenvalue weighted by Crippen LogP contribution is 2.16. The minimum Gasteiger partial charge on any atom is -0.382 e. The molecule has 19 heavy (non-hydrogen) atoms. The quantitative estimate of drug-likeness (QED) is 0.818. The minimum absolute atomic E-state index is 0.0694. The molecular formula is C14H21N3O2. The summed E-state index contributed by atoms with van der Waals surface area (Å²) < 4.78 is 12.3. The van der Waals surface area contributed by atoms with E-state index in [1.165, 1.54) is 5.39 Å². The summed E-state index contributed by atoms with van der Waals surface area (Å²) in [6, 6.07) is 8.24. The van der Waals surface area contributed by atoms with Crippen LogP contribution in [-0.2, 0) is 23.1 Å².